The largest absolute Gasteiger partial charge is 0.340 e. The van der Waals surface area contributed by atoms with Crippen LogP contribution in [-0.4, -0.2) is 9.97 Å². The predicted molar refractivity (Wildman–Crippen MR) is 37.9 cm³/mol. The molecule has 62 valence electrons. The minimum atomic E-state index is -2.57. The smallest absolute Gasteiger partial charge is 0.281 e. The van der Waals surface area contributed by atoms with Crippen molar-refractivity contribution < 1.29 is 8.78 Å². The Morgan fingerprint density at radius 1 is 1.64 bits per heavy atom. The molecule has 0 atom stereocenters. The number of H-pyrrole nitrogens is 1. The van der Waals surface area contributed by atoms with Gasteiger partial charge in [-0.25, -0.2) is 13.8 Å². The van der Waals surface area contributed by atoms with Crippen molar-refractivity contribution in [3.05, 3.63) is 16.7 Å². The topological polar surface area (TPSA) is 28.7 Å². The summed E-state index contributed by atoms with van der Waals surface area (Å²) < 4.78 is 24.0. The van der Waals surface area contributed by atoms with Crippen LogP contribution in [0.5, 0.6) is 0 Å². The molecule has 1 aromatic rings. The number of nitrogens with zero attached hydrogens (tertiary/aromatic N) is 1. The van der Waals surface area contributed by atoms with Gasteiger partial charge in [-0.15, -0.1) is 0 Å². The molecule has 1 rings (SSSR count). The molecular formula is C6H7ClF2N2. The third-order valence-corrected chi connectivity index (χ3v) is 1.58. The van der Waals surface area contributed by atoms with Gasteiger partial charge < -0.3 is 4.98 Å². The molecule has 0 aliphatic heterocycles. The van der Waals surface area contributed by atoms with E-state index in [-0.39, 0.29) is 10.8 Å². The lowest BCUT2D eigenvalue weighted by Gasteiger charge is -1.91. The fraction of sp³-hybridized carbons (Fsp3) is 0.500. The Morgan fingerprint density at radius 3 is 2.55 bits per heavy atom. The molecule has 0 aliphatic rings. The number of aromatic nitrogens is 2. The number of hydrogen-bond donors (Lipinski definition) is 1. The maximum absolute atomic E-state index is 12.0. The Hall–Kier alpha value is -0.640. The summed E-state index contributed by atoms with van der Waals surface area (Å²) >= 11 is 5.40. The van der Waals surface area contributed by atoms with E-state index >= 15 is 0 Å². The minimum Gasteiger partial charge on any atom is -0.340 e. The number of hydrogen-bond acceptors (Lipinski definition) is 1. The number of aryl methyl sites for hydroxylation is 1. The average molecular weight is 181 g/mol. The molecule has 0 spiro atoms. The lowest BCUT2D eigenvalue weighted by molar-refractivity contribution is 0.146. The van der Waals surface area contributed by atoms with Crippen molar-refractivity contribution in [2.24, 2.45) is 0 Å². The molecule has 0 aromatic carbocycles. The van der Waals surface area contributed by atoms with Gasteiger partial charge in [0, 0.05) is 6.42 Å². The van der Waals surface area contributed by atoms with Crippen LogP contribution in [0.25, 0.3) is 0 Å². The van der Waals surface area contributed by atoms with Crippen LogP contribution in [0.4, 0.5) is 8.78 Å². The van der Waals surface area contributed by atoms with Crippen LogP contribution >= 0.6 is 11.6 Å². The van der Waals surface area contributed by atoms with Crippen LogP contribution in [0.1, 0.15) is 24.9 Å². The van der Waals surface area contributed by atoms with Crippen LogP contribution in [-0.2, 0) is 6.42 Å². The Labute approximate surface area is 67.6 Å². The number of halogens is 3. The standard InChI is InChI=1S/C6H7ClF2N2/c1-2-3-10-4(6(8)9)5(7)11-3/h6H,2H2,1H3,(H,10,11). The van der Waals surface area contributed by atoms with E-state index in [1.54, 1.807) is 0 Å². The molecule has 0 amide bonds. The SMILES string of the molecule is CCc1nc(Cl)c(C(F)F)[nH]1. The highest BCUT2D eigenvalue weighted by atomic mass is 35.5. The molecule has 2 nitrogen and oxygen atoms in total. The first kappa shape index (κ1) is 8.46. The molecule has 0 aliphatic carbocycles. The summed E-state index contributed by atoms with van der Waals surface area (Å²) in [5, 5.41) is -0.128. The van der Waals surface area contributed by atoms with Crippen LogP contribution in [0.3, 0.4) is 0 Å². The van der Waals surface area contributed by atoms with E-state index in [4.69, 9.17) is 11.6 Å². The molecule has 1 aromatic heterocycles. The quantitative estimate of drug-likeness (QED) is 0.745. The van der Waals surface area contributed by atoms with E-state index in [1.165, 1.54) is 0 Å². The van der Waals surface area contributed by atoms with Crippen LogP contribution in [0.15, 0.2) is 0 Å². The van der Waals surface area contributed by atoms with Gasteiger partial charge in [0.1, 0.15) is 11.5 Å². The summed E-state index contributed by atoms with van der Waals surface area (Å²) in [6.07, 6.45) is -2.00. The van der Waals surface area contributed by atoms with Crippen LogP contribution < -0.4 is 0 Å². The molecule has 1 heterocycles. The highest BCUT2D eigenvalue weighted by Crippen LogP contribution is 2.24. The Kier molecular flexibility index (Phi) is 2.44. The van der Waals surface area contributed by atoms with Crippen LogP contribution in [0, 0.1) is 0 Å². The predicted octanol–water partition coefficient (Wildman–Crippen LogP) is 2.56. The Morgan fingerprint density at radius 2 is 2.27 bits per heavy atom. The summed E-state index contributed by atoms with van der Waals surface area (Å²) in [6, 6.07) is 0. The van der Waals surface area contributed by atoms with E-state index in [1.807, 2.05) is 6.92 Å². The summed E-state index contributed by atoms with van der Waals surface area (Å²) in [6.45, 7) is 1.81. The second kappa shape index (κ2) is 3.17. The van der Waals surface area contributed by atoms with Crippen molar-refractivity contribution >= 4 is 11.6 Å². The van der Waals surface area contributed by atoms with E-state index < -0.39 is 6.43 Å². The number of rotatable bonds is 2. The fourth-order valence-electron chi connectivity index (χ4n) is 0.726. The van der Waals surface area contributed by atoms with Crippen molar-refractivity contribution in [2.45, 2.75) is 19.8 Å². The van der Waals surface area contributed by atoms with Gasteiger partial charge in [0.15, 0.2) is 5.15 Å². The lowest BCUT2D eigenvalue weighted by atomic mass is 10.5. The molecule has 0 saturated heterocycles. The minimum absolute atomic E-state index is 0.128. The zero-order chi connectivity index (χ0) is 8.43. The van der Waals surface area contributed by atoms with Crippen molar-refractivity contribution in [2.75, 3.05) is 0 Å². The van der Waals surface area contributed by atoms with Crippen molar-refractivity contribution in [1.29, 1.82) is 0 Å². The van der Waals surface area contributed by atoms with Gasteiger partial charge in [0.05, 0.1) is 0 Å². The van der Waals surface area contributed by atoms with E-state index in [0.29, 0.717) is 12.2 Å². The van der Waals surface area contributed by atoms with Gasteiger partial charge >= 0.3 is 0 Å². The highest BCUT2D eigenvalue weighted by molar-refractivity contribution is 6.30. The van der Waals surface area contributed by atoms with E-state index in [9.17, 15) is 8.78 Å². The Bertz CT molecular complexity index is 247. The van der Waals surface area contributed by atoms with Crippen molar-refractivity contribution in [1.82, 2.24) is 9.97 Å². The first-order chi connectivity index (χ1) is 5.15. The third-order valence-electron chi connectivity index (χ3n) is 1.29. The molecule has 0 bridgehead atoms. The van der Waals surface area contributed by atoms with Crippen molar-refractivity contribution in [3.63, 3.8) is 0 Å². The summed E-state index contributed by atoms with van der Waals surface area (Å²) in [5.74, 6) is 0.491. The van der Waals surface area contributed by atoms with E-state index in [2.05, 4.69) is 9.97 Å². The molecule has 0 radical (unpaired) electrons. The van der Waals surface area contributed by atoms with Crippen LogP contribution in [0.2, 0.25) is 5.15 Å². The number of imidazole rings is 1. The average Bonchev–Trinajstić information content (AvgIpc) is 2.30. The molecule has 0 saturated carbocycles. The maximum atomic E-state index is 12.0. The molecular weight excluding hydrogens is 174 g/mol. The Balaban J connectivity index is 2.97. The summed E-state index contributed by atoms with van der Waals surface area (Å²) in [7, 11) is 0. The number of nitrogens with one attached hydrogen (secondary N) is 1. The molecule has 11 heavy (non-hydrogen) atoms. The first-order valence-electron chi connectivity index (χ1n) is 3.17. The molecule has 0 fully saturated rings. The zero-order valence-electron chi connectivity index (χ0n) is 5.87. The fourth-order valence-corrected chi connectivity index (χ4v) is 0.957. The van der Waals surface area contributed by atoms with Crippen molar-refractivity contribution in [3.8, 4) is 0 Å². The monoisotopic (exact) mass is 180 g/mol. The second-order valence-electron chi connectivity index (χ2n) is 2.04. The highest BCUT2D eigenvalue weighted by Gasteiger charge is 2.15. The van der Waals surface area contributed by atoms with Gasteiger partial charge in [-0.3, -0.25) is 0 Å². The molecule has 1 N–H and O–H groups in total. The summed E-state index contributed by atoms with van der Waals surface area (Å²) in [4.78, 5) is 6.12. The van der Waals surface area contributed by atoms with Gasteiger partial charge in [-0.05, 0) is 0 Å². The molecule has 5 heteroatoms. The second-order valence-corrected chi connectivity index (χ2v) is 2.40. The first-order valence-corrected chi connectivity index (χ1v) is 3.55. The zero-order valence-corrected chi connectivity index (χ0v) is 6.62. The number of alkyl halides is 2. The number of aromatic amines is 1. The summed E-state index contributed by atoms with van der Waals surface area (Å²) in [5.41, 5.74) is -0.288. The molecule has 0 unspecified atom stereocenters. The van der Waals surface area contributed by atoms with Gasteiger partial charge in [0.2, 0.25) is 0 Å². The van der Waals surface area contributed by atoms with Gasteiger partial charge in [0.25, 0.3) is 6.43 Å². The van der Waals surface area contributed by atoms with E-state index in [0.717, 1.165) is 0 Å². The normalized spacial score (nSPS) is 11.0. The third kappa shape index (κ3) is 1.68. The maximum Gasteiger partial charge on any atom is 0.281 e. The lowest BCUT2D eigenvalue weighted by Crippen LogP contribution is -1.85. The van der Waals surface area contributed by atoms with Gasteiger partial charge in [-0.2, -0.15) is 0 Å². The van der Waals surface area contributed by atoms with Gasteiger partial charge in [-0.1, -0.05) is 18.5 Å².